The second-order valence-electron chi connectivity index (χ2n) is 8.84. The van der Waals surface area contributed by atoms with Crippen LogP contribution in [0.25, 0.3) is 17.0 Å². The van der Waals surface area contributed by atoms with Crippen molar-refractivity contribution in [1.29, 1.82) is 5.41 Å². The van der Waals surface area contributed by atoms with Crippen LogP contribution in [0.5, 0.6) is 5.75 Å². The quantitative estimate of drug-likeness (QED) is 0.156. The lowest BCUT2D eigenvalue weighted by molar-refractivity contribution is 0.165. The van der Waals surface area contributed by atoms with Crippen LogP contribution in [0.2, 0.25) is 0 Å². The van der Waals surface area contributed by atoms with E-state index in [1.54, 1.807) is 13.4 Å². The molecule has 1 aliphatic rings. The van der Waals surface area contributed by atoms with Gasteiger partial charge in [-0.05, 0) is 37.6 Å². The van der Waals surface area contributed by atoms with E-state index < -0.39 is 0 Å². The molecule has 1 aliphatic heterocycles. The van der Waals surface area contributed by atoms with Gasteiger partial charge < -0.3 is 25.8 Å². The van der Waals surface area contributed by atoms with Gasteiger partial charge >= 0.3 is 0 Å². The number of anilines is 1. The third-order valence-electron chi connectivity index (χ3n) is 6.34. The molecule has 5 rings (SSSR count). The third kappa shape index (κ3) is 5.92. The molecule has 1 fully saturated rings. The molecule has 1 saturated heterocycles. The van der Waals surface area contributed by atoms with Crippen molar-refractivity contribution in [3.63, 3.8) is 0 Å². The Balaban J connectivity index is 1.21. The molecule has 0 aliphatic carbocycles. The van der Waals surface area contributed by atoms with Crippen molar-refractivity contribution < 1.29 is 4.74 Å². The lowest BCUT2D eigenvalue weighted by Crippen LogP contribution is -2.38. The third-order valence-corrected chi connectivity index (χ3v) is 6.34. The fraction of sp³-hybridized carbons (Fsp3) is 0.296. The molecule has 3 N–H and O–H groups in total. The van der Waals surface area contributed by atoms with Crippen LogP contribution in [0, 0.1) is 5.41 Å². The summed E-state index contributed by atoms with van der Waals surface area (Å²) in [6.07, 6.45) is 8.93. The average Bonchev–Trinajstić information content (AvgIpc) is 3.33. The smallest absolute Gasteiger partial charge is 0.140 e. The van der Waals surface area contributed by atoms with Crippen LogP contribution in [0.1, 0.15) is 24.0 Å². The minimum absolute atomic E-state index is 0.580. The molecule has 0 amide bonds. The lowest BCUT2D eigenvalue weighted by atomic mass is 10.1. The summed E-state index contributed by atoms with van der Waals surface area (Å²) in [6, 6.07) is 13.8. The van der Waals surface area contributed by atoms with Gasteiger partial charge in [0.2, 0.25) is 0 Å². The first-order valence-electron chi connectivity index (χ1n) is 12.5. The molecule has 10 nitrogen and oxygen atoms in total. The molecule has 4 aromatic rings. The standard InChI is InChI=1S/C27H31N9O/c1-29-34-24(16-28)21-6-4-20(5-7-21)17-30-26-15-23(32-19-33-26)25-18-31-27-14-22(8-12-36(25)27)37-13-3-11-35-9-2-10-35/h4-8,12,14-16,18-19,28-29H,2-3,9-11,13,17H2,1H3,(H,30,32,33)/b28-16?,34-24+. The van der Waals surface area contributed by atoms with Crippen molar-refractivity contribution in [2.24, 2.45) is 5.10 Å². The Hall–Kier alpha value is -4.31. The zero-order valence-electron chi connectivity index (χ0n) is 20.9. The molecule has 0 spiro atoms. The maximum Gasteiger partial charge on any atom is 0.140 e. The number of imidazole rings is 1. The van der Waals surface area contributed by atoms with Gasteiger partial charge in [0.25, 0.3) is 0 Å². The van der Waals surface area contributed by atoms with Crippen LogP contribution >= 0.6 is 0 Å². The Kier molecular flexibility index (Phi) is 7.66. The number of hydrogen-bond donors (Lipinski definition) is 3. The van der Waals surface area contributed by atoms with Gasteiger partial charge in [0.05, 0.1) is 24.2 Å². The van der Waals surface area contributed by atoms with Gasteiger partial charge in [0, 0.05) is 50.2 Å². The van der Waals surface area contributed by atoms with Crippen molar-refractivity contribution in [3.8, 4) is 17.1 Å². The molecule has 0 radical (unpaired) electrons. The molecular formula is C27H31N9O. The maximum absolute atomic E-state index is 7.51. The zero-order chi connectivity index (χ0) is 25.5. The molecule has 0 saturated carbocycles. The van der Waals surface area contributed by atoms with Crippen LogP contribution in [0.3, 0.4) is 0 Å². The normalized spacial score (nSPS) is 13.8. The monoisotopic (exact) mass is 497 g/mol. The first kappa shape index (κ1) is 24.4. The van der Waals surface area contributed by atoms with Crippen molar-refractivity contribution in [2.75, 3.05) is 38.6 Å². The number of hydrazone groups is 1. The second-order valence-corrected chi connectivity index (χ2v) is 8.84. The number of hydrogen-bond acceptors (Lipinski definition) is 9. The number of nitrogens with zero attached hydrogens (tertiary/aromatic N) is 6. The largest absolute Gasteiger partial charge is 0.493 e. The van der Waals surface area contributed by atoms with Crippen LogP contribution in [-0.4, -0.2) is 69.5 Å². The van der Waals surface area contributed by atoms with Crippen LogP contribution < -0.4 is 15.5 Å². The highest BCUT2D eigenvalue weighted by atomic mass is 16.5. The Morgan fingerprint density at radius 2 is 2.00 bits per heavy atom. The summed E-state index contributed by atoms with van der Waals surface area (Å²) in [6.45, 7) is 4.84. The number of nitrogens with one attached hydrogen (secondary N) is 3. The Morgan fingerprint density at radius 1 is 1.14 bits per heavy atom. The van der Waals surface area contributed by atoms with E-state index in [1.807, 2.05) is 59.3 Å². The van der Waals surface area contributed by atoms with Gasteiger partial charge in [-0.25, -0.2) is 15.0 Å². The minimum atomic E-state index is 0.580. The van der Waals surface area contributed by atoms with E-state index in [9.17, 15) is 0 Å². The SMILES string of the molecule is CN/N=C(\C=N)c1ccc(CNc2cc(-c3cnc4cc(OCCCN5CCC5)ccn34)ncn2)cc1. The number of aromatic nitrogens is 4. The van der Waals surface area contributed by atoms with Crippen molar-refractivity contribution in [3.05, 3.63) is 72.3 Å². The van der Waals surface area contributed by atoms with Crippen LogP contribution in [0.15, 0.2) is 66.3 Å². The Bertz CT molecular complexity index is 1380. The molecule has 10 heteroatoms. The van der Waals surface area contributed by atoms with Gasteiger partial charge in [0.1, 0.15) is 29.3 Å². The van der Waals surface area contributed by atoms with Gasteiger partial charge in [-0.1, -0.05) is 24.3 Å². The molecule has 0 unspecified atom stereocenters. The van der Waals surface area contributed by atoms with Gasteiger partial charge in [-0.15, -0.1) is 0 Å². The molecule has 3 aromatic heterocycles. The molecule has 0 atom stereocenters. The van der Waals surface area contributed by atoms with Gasteiger partial charge in [0.15, 0.2) is 0 Å². The van der Waals surface area contributed by atoms with Crippen LogP contribution in [-0.2, 0) is 6.54 Å². The second kappa shape index (κ2) is 11.6. The molecule has 37 heavy (non-hydrogen) atoms. The van der Waals surface area contributed by atoms with E-state index in [0.717, 1.165) is 52.7 Å². The van der Waals surface area contributed by atoms with Gasteiger partial charge in [-0.2, -0.15) is 5.10 Å². The van der Waals surface area contributed by atoms with Crippen molar-refractivity contribution in [1.82, 2.24) is 29.7 Å². The van der Waals surface area contributed by atoms with E-state index >= 15 is 0 Å². The first-order valence-corrected chi connectivity index (χ1v) is 12.5. The Labute approximate surface area is 215 Å². The number of ether oxygens (including phenoxy) is 1. The molecular weight excluding hydrogens is 466 g/mol. The van der Waals surface area contributed by atoms with Crippen molar-refractivity contribution >= 4 is 23.4 Å². The summed E-state index contributed by atoms with van der Waals surface area (Å²) in [4.78, 5) is 15.9. The number of rotatable bonds is 12. The summed E-state index contributed by atoms with van der Waals surface area (Å²) >= 11 is 0. The van der Waals surface area contributed by atoms with E-state index in [1.165, 1.54) is 25.7 Å². The summed E-state index contributed by atoms with van der Waals surface area (Å²) in [5.74, 6) is 1.55. The van der Waals surface area contributed by atoms with E-state index in [2.05, 4.69) is 35.7 Å². The fourth-order valence-electron chi connectivity index (χ4n) is 4.21. The highest BCUT2D eigenvalue weighted by Crippen LogP contribution is 2.23. The lowest BCUT2D eigenvalue weighted by Gasteiger charge is -2.30. The maximum atomic E-state index is 7.51. The summed E-state index contributed by atoms with van der Waals surface area (Å²) in [5, 5.41) is 15.0. The number of fused-ring (bicyclic) bond motifs is 1. The predicted octanol–water partition coefficient (Wildman–Crippen LogP) is 3.45. The first-order chi connectivity index (χ1) is 18.2. The number of likely N-dealkylation sites (tertiary alicyclic amines) is 1. The molecule has 1 aromatic carbocycles. The Morgan fingerprint density at radius 3 is 2.76 bits per heavy atom. The number of pyridine rings is 1. The number of benzene rings is 1. The van der Waals surface area contributed by atoms with E-state index in [-0.39, 0.29) is 0 Å². The summed E-state index contributed by atoms with van der Waals surface area (Å²) < 4.78 is 7.95. The fourth-order valence-corrected chi connectivity index (χ4v) is 4.21. The summed E-state index contributed by atoms with van der Waals surface area (Å²) in [7, 11) is 1.72. The highest BCUT2D eigenvalue weighted by molar-refractivity contribution is 6.37. The highest BCUT2D eigenvalue weighted by Gasteiger charge is 2.13. The average molecular weight is 498 g/mol. The van der Waals surface area contributed by atoms with Crippen molar-refractivity contribution in [2.45, 2.75) is 19.4 Å². The van der Waals surface area contributed by atoms with E-state index in [0.29, 0.717) is 18.9 Å². The predicted molar refractivity (Wildman–Crippen MR) is 146 cm³/mol. The van der Waals surface area contributed by atoms with E-state index in [4.69, 9.17) is 10.1 Å². The van der Waals surface area contributed by atoms with Gasteiger partial charge in [-0.3, -0.25) is 4.40 Å². The zero-order valence-corrected chi connectivity index (χ0v) is 20.9. The molecule has 190 valence electrons. The minimum Gasteiger partial charge on any atom is -0.493 e. The molecule has 4 heterocycles. The topological polar surface area (TPSA) is 116 Å². The van der Waals surface area contributed by atoms with Crippen LogP contribution in [0.4, 0.5) is 5.82 Å². The summed E-state index contributed by atoms with van der Waals surface area (Å²) in [5.41, 5.74) is 7.75. The molecule has 0 bridgehead atoms.